The van der Waals surface area contributed by atoms with Crippen LogP contribution in [0.3, 0.4) is 0 Å². The molecule has 0 atom stereocenters. The third kappa shape index (κ3) is 4.21. The van der Waals surface area contributed by atoms with Crippen LogP contribution in [0.2, 0.25) is 0 Å². The van der Waals surface area contributed by atoms with Crippen LogP contribution in [0.15, 0.2) is 12.2 Å². The first-order valence-corrected chi connectivity index (χ1v) is 3.08. The van der Waals surface area contributed by atoms with Gasteiger partial charge in [-0.3, -0.25) is 14.4 Å². The number of carboxylic acids is 2. The van der Waals surface area contributed by atoms with Gasteiger partial charge in [-0.05, 0) is 5.57 Å². The molecule has 0 unspecified atom stereocenters. The monoisotopic (exact) mass is 172 g/mol. The molecule has 5 nitrogen and oxygen atoms in total. The Balaban J connectivity index is 4.03. The van der Waals surface area contributed by atoms with Crippen molar-refractivity contribution < 1.29 is 24.6 Å². The molecule has 0 aliphatic carbocycles. The van der Waals surface area contributed by atoms with E-state index in [4.69, 9.17) is 10.2 Å². The van der Waals surface area contributed by atoms with Crippen LogP contribution < -0.4 is 0 Å². The Bertz CT molecular complexity index is 214. The minimum atomic E-state index is -1.29. The third-order valence-corrected chi connectivity index (χ3v) is 1.07. The van der Waals surface area contributed by atoms with Crippen molar-refractivity contribution in [3.8, 4) is 0 Å². The molecule has 0 aliphatic rings. The van der Waals surface area contributed by atoms with E-state index in [0.29, 0.717) is 0 Å². The maximum absolute atomic E-state index is 10.7. The average Bonchev–Trinajstić information content (AvgIpc) is 1.84. The quantitative estimate of drug-likeness (QED) is 0.452. The van der Waals surface area contributed by atoms with Crippen LogP contribution in [0.5, 0.6) is 0 Å². The molecular formula is C7H8O5. The average molecular weight is 172 g/mol. The Hall–Kier alpha value is -1.65. The lowest BCUT2D eigenvalue weighted by atomic mass is 10.1. The van der Waals surface area contributed by atoms with E-state index in [-0.39, 0.29) is 5.57 Å². The molecular weight excluding hydrogens is 164 g/mol. The molecule has 0 aromatic carbocycles. The zero-order valence-electron chi connectivity index (χ0n) is 6.24. The summed E-state index contributed by atoms with van der Waals surface area (Å²) < 4.78 is 0. The van der Waals surface area contributed by atoms with E-state index < -0.39 is 30.6 Å². The minimum Gasteiger partial charge on any atom is -0.481 e. The lowest BCUT2D eigenvalue weighted by Gasteiger charge is -1.97. The van der Waals surface area contributed by atoms with E-state index in [1.54, 1.807) is 0 Å². The predicted octanol–water partition coefficient (Wildman–Crippen LogP) is 0.0611. The normalized spacial score (nSPS) is 9.00. The highest BCUT2D eigenvalue weighted by Gasteiger charge is 2.13. The Morgan fingerprint density at radius 2 is 1.42 bits per heavy atom. The summed E-state index contributed by atoms with van der Waals surface area (Å²) in [6, 6.07) is 0. The van der Waals surface area contributed by atoms with Crippen molar-refractivity contribution in [1.82, 2.24) is 0 Å². The number of hydrogen-bond acceptors (Lipinski definition) is 3. The largest absolute Gasteiger partial charge is 0.481 e. The van der Waals surface area contributed by atoms with Gasteiger partial charge in [0.1, 0.15) is 6.42 Å². The van der Waals surface area contributed by atoms with E-state index in [0.717, 1.165) is 0 Å². The first-order valence-electron chi connectivity index (χ1n) is 3.08. The first kappa shape index (κ1) is 10.3. The lowest BCUT2D eigenvalue weighted by Crippen LogP contribution is -2.11. The number of carbonyl (C=O) groups is 3. The molecule has 0 spiro atoms. The molecule has 0 radical (unpaired) electrons. The molecule has 0 heterocycles. The van der Waals surface area contributed by atoms with Crippen molar-refractivity contribution in [3.63, 3.8) is 0 Å². The van der Waals surface area contributed by atoms with Crippen molar-refractivity contribution in [2.75, 3.05) is 0 Å². The van der Waals surface area contributed by atoms with Crippen molar-refractivity contribution >= 4 is 17.7 Å². The molecule has 0 rings (SSSR count). The molecule has 0 bridgehead atoms. The molecule has 66 valence electrons. The molecule has 0 saturated heterocycles. The summed E-state index contributed by atoms with van der Waals surface area (Å²) in [5.74, 6) is -3.23. The fraction of sp³-hybridized carbons (Fsp3) is 0.286. The maximum atomic E-state index is 10.7. The molecule has 0 aliphatic heterocycles. The van der Waals surface area contributed by atoms with Gasteiger partial charge in [-0.15, -0.1) is 0 Å². The van der Waals surface area contributed by atoms with E-state index in [2.05, 4.69) is 6.58 Å². The van der Waals surface area contributed by atoms with Gasteiger partial charge in [-0.1, -0.05) is 6.58 Å². The molecule has 2 N–H and O–H groups in total. The van der Waals surface area contributed by atoms with E-state index in [9.17, 15) is 14.4 Å². The second-order valence-electron chi connectivity index (χ2n) is 2.17. The van der Waals surface area contributed by atoms with Crippen LogP contribution in [0.1, 0.15) is 12.8 Å². The number of ketones is 1. The summed E-state index contributed by atoms with van der Waals surface area (Å²) in [6.45, 7) is 3.15. The Morgan fingerprint density at radius 1 is 1.00 bits per heavy atom. The van der Waals surface area contributed by atoms with Gasteiger partial charge in [0, 0.05) is 0 Å². The number of hydrogen-bond donors (Lipinski definition) is 2. The molecule has 0 aromatic heterocycles. The van der Waals surface area contributed by atoms with Crippen molar-refractivity contribution in [1.29, 1.82) is 0 Å². The number of rotatable bonds is 5. The second-order valence-corrected chi connectivity index (χ2v) is 2.17. The van der Waals surface area contributed by atoms with E-state index in [1.165, 1.54) is 0 Å². The standard InChI is InChI=1S/C7H8O5/c1-4(2-6(9)10)5(8)3-7(11)12/h1-3H2,(H,9,10)(H,11,12). The van der Waals surface area contributed by atoms with Crippen LogP contribution >= 0.6 is 0 Å². The van der Waals surface area contributed by atoms with Crippen molar-refractivity contribution in [2.45, 2.75) is 12.8 Å². The Kier molecular flexibility index (Phi) is 3.69. The molecule has 12 heavy (non-hydrogen) atoms. The summed E-state index contributed by atoms with van der Waals surface area (Å²) in [5.41, 5.74) is -0.190. The number of carbonyl (C=O) groups excluding carboxylic acids is 1. The maximum Gasteiger partial charge on any atom is 0.311 e. The Labute approximate surface area is 68.3 Å². The van der Waals surface area contributed by atoms with Crippen LogP contribution in [0.4, 0.5) is 0 Å². The lowest BCUT2D eigenvalue weighted by molar-refractivity contribution is -0.141. The smallest absolute Gasteiger partial charge is 0.311 e. The van der Waals surface area contributed by atoms with E-state index in [1.807, 2.05) is 0 Å². The van der Waals surface area contributed by atoms with Gasteiger partial charge >= 0.3 is 11.9 Å². The number of Topliss-reactive ketones (excluding diaryl/α,β-unsaturated/α-hetero) is 1. The number of aliphatic carboxylic acids is 2. The molecule has 5 heteroatoms. The molecule has 0 saturated carbocycles. The van der Waals surface area contributed by atoms with Crippen molar-refractivity contribution in [3.05, 3.63) is 12.2 Å². The van der Waals surface area contributed by atoms with Crippen LogP contribution in [-0.2, 0) is 14.4 Å². The Morgan fingerprint density at radius 3 is 1.75 bits per heavy atom. The van der Waals surface area contributed by atoms with Gasteiger partial charge in [0.15, 0.2) is 5.78 Å². The summed E-state index contributed by atoms with van der Waals surface area (Å²) in [6.07, 6.45) is -1.21. The highest BCUT2D eigenvalue weighted by atomic mass is 16.4. The zero-order valence-corrected chi connectivity index (χ0v) is 6.24. The van der Waals surface area contributed by atoms with Gasteiger partial charge in [-0.25, -0.2) is 0 Å². The fourth-order valence-electron chi connectivity index (χ4n) is 0.543. The van der Waals surface area contributed by atoms with Crippen LogP contribution in [0.25, 0.3) is 0 Å². The van der Waals surface area contributed by atoms with Gasteiger partial charge in [0.05, 0.1) is 6.42 Å². The second kappa shape index (κ2) is 4.27. The minimum absolute atomic E-state index is 0.190. The van der Waals surface area contributed by atoms with Gasteiger partial charge in [-0.2, -0.15) is 0 Å². The van der Waals surface area contributed by atoms with Gasteiger partial charge in [0.2, 0.25) is 0 Å². The fourth-order valence-corrected chi connectivity index (χ4v) is 0.543. The summed E-state index contributed by atoms with van der Waals surface area (Å²) in [4.78, 5) is 30.8. The molecule has 0 aromatic rings. The highest BCUT2D eigenvalue weighted by molar-refractivity contribution is 6.06. The van der Waals surface area contributed by atoms with E-state index >= 15 is 0 Å². The van der Waals surface area contributed by atoms with Crippen LogP contribution in [-0.4, -0.2) is 27.9 Å². The van der Waals surface area contributed by atoms with Crippen LogP contribution in [0, 0.1) is 0 Å². The van der Waals surface area contributed by atoms with Gasteiger partial charge < -0.3 is 10.2 Å². The topological polar surface area (TPSA) is 91.7 Å². The SMILES string of the molecule is C=C(CC(=O)O)C(=O)CC(=O)O. The number of carboxylic acid groups (broad SMARTS) is 2. The summed E-state index contributed by atoms with van der Waals surface area (Å²) in [7, 11) is 0. The zero-order chi connectivity index (χ0) is 9.72. The molecule has 0 amide bonds. The molecule has 0 fully saturated rings. The van der Waals surface area contributed by atoms with Crippen molar-refractivity contribution in [2.24, 2.45) is 0 Å². The highest BCUT2D eigenvalue weighted by Crippen LogP contribution is 2.02. The predicted molar refractivity (Wildman–Crippen MR) is 38.7 cm³/mol. The first-order chi connectivity index (χ1) is 5.43. The summed E-state index contributed by atoms with van der Waals surface area (Å²) in [5, 5.41) is 16.4. The summed E-state index contributed by atoms with van der Waals surface area (Å²) >= 11 is 0. The van der Waals surface area contributed by atoms with Gasteiger partial charge in [0.25, 0.3) is 0 Å². The third-order valence-electron chi connectivity index (χ3n) is 1.07.